The van der Waals surface area contributed by atoms with E-state index in [4.69, 9.17) is 0 Å². The molecule has 0 bridgehead atoms. The van der Waals surface area contributed by atoms with Crippen LogP contribution >= 0.6 is 0 Å². The molecule has 1 aliphatic heterocycles. The Morgan fingerprint density at radius 1 is 1.04 bits per heavy atom. The lowest BCUT2D eigenvalue weighted by atomic mass is 10.2. The zero-order valence-corrected chi connectivity index (χ0v) is 15.5. The van der Waals surface area contributed by atoms with Crippen LogP contribution in [0.5, 0.6) is 0 Å². The van der Waals surface area contributed by atoms with Gasteiger partial charge < -0.3 is 10.2 Å². The van der Waals surface area contributed by atoms with Crippen LogP contribution in [-0.4, -0.2) is 53.9 Å². The molecule has 0 saturated carbocycles. The average Bonchev–Trinajstić information content (AvgIpc) is 2.71. The maximum atomic E-state index is 10.7. The van der Waals surface area contributed by atoms with Gasteiger partial charge in [-0.2, -0.15) is 0 Å². The third-order valence-electron chi connectivity index (χ3n) is 4.73. The summed E-state index contributed by atoms with van der Waals surface area (Å²) in [6, 6.07) is 17.1. The SMILES string of the molecule is CN=C(NCc1ccc([N+](=O)[O-])cc1)N1CCN(Cc2ccccc2)CC1. The van der Waals surface area contributed by atoms with Crippen LogP contribution in [0.15, 0.2) is 59.6 Å². The van der Waals surface area contributed by atoms with E-state index in [1.54, 1.807) is 19.2 Å². The number of benzene rings is 2. The van der Waals surface area contributed by atoms with E-state index in [0.29, 0.717) is 6.54 Å². The van der Waals surface area contributed by atoms with Gasteiger partial charge in [0.25, 0.3) is 5.69 Å². The second-order valence-electron chi connectivity index (χ2n) is 6.57. The molecule has 1 heterocycles. The summed E-state index contributed by atoms with van der Waals surface area (Å²) in [7, 11) is 1.79. The van der Waals surface area contributed by atoms with Gasteiger partial charge in [0.15, 0.2) is 5.96 Å². The van der Waals surface area contributed by atoms with Gasteiger partial charge in [0.2, 0.25) is 0 Å². The second kappa shape index (κ2) is 9.14. The van der Waals surface area contributed by atoms with Gasteiger partial charge in [-0.3, -0.25) is 20.0 Å². The van der Waals surface area contributed by atoms with Gasteiger partial charge in [-0.1, -0.05) is 42.5 Å². The Morgan fingerprint density at radius 2 is 1.70 bits per heavy atom. The topological polar surface area (TPSA) is 74.0 Å². The van der Waals surface area contributed by atoms with Crippen LogP contribution in [-0.2, 0) is 13.1 Å². The molecule has 0 unspecified atom stereocenters. The minimum absolute atomic E-state index is 0.109. The summed E-state index contributed by atoms with van der Waals surface area (Å²) >= 11 is 0. The normalized spacial score (nSPS) is 15.6. The molecule has 7 nitrogen and oxygen atoms in total. The van der Waals surface area contributed by atoms with Crippen molar-refractivity contribution in [2.45, 2.75) is 13.1 Å². The summed E-state index contributed by atoms with van der Waals surface area (Å²) in [5.41, 5.74) is 2.44. The van der Waals surface area contributed by atoms with E-state index in [-0.39, 0.29) is 10.6 Å². The highest BCUT2D eigenvalue weighted by Gasteiger charge is 2.19. The molecule has 1 aliphatic rings. The van der Waals surface area contributed by atoms with Crippen molar-refractivity contribution in [1.82, 2.24) is 15.1 Å². The number of hydrogen-bond acceptors (Lipinski definition) is 4. The summed E-state index contributed by atoms with van der Waals surface area (Å²) in [5, 5.41) is 14.1. The number of aliphatic imine (C=N–C) groups is 1. The molecular formula is C20H25N5O2. The lowest BCUT2D eigenvalue weighted by Gasteiger charge is -2.36. The maximum absolute atomic E-state index is 10.7. The lowest BCUT2D eigenvalue weighted by molar-refractivity contribution is -0.384. The predicted molar refractivity (Wildman–Crippen MR) is 107 cm³/mol. The molecule has 7 heteroatoms. The van der Waals surface area contributed by atoms with E-state index in [1.165, 1.54) is 17.7 Å². The predicted octanol–water partition coefficient (Wildman–Crippen LogP) is 2.49. The fraction of sp³-hybridized carbons (Fsp3) is 0.350. The van der Waals surface area contributed by atoms with Crippen LogP contribution in [0.4, 0.5) is 5.69 Å². The highest BCUT2D eigenvalue weighted by atomic mass is 16.6. The maximum Gasteiger partial charge on any atom is 0.269 e. The third kappa shape index (κ3) is 5.27. The van der Waals surface area contributed by atoms with Crippen LogP contribution in [0, 0.1) is 10.1 Å². The van der Waals surface area contributed by atoms with Crippen molar-refractivity contribution in [3.8, 4) is 0 Å². The first-order valence-corrected chi connectivity index (χ1v) is 9.11. The van der Waals surface area contributed by atoms with Crippen LogP contribution in [0.3, 0.4) is 0 Å². The summed E-state index contributed by atoms with van der Waals surface area (Å²) in [6.07, 6.45) is 0. The first-order valence-electron chi connectivity index (χ1n) is 9.11. The zero-order valence-electron chi connectivity index (χ0n) is 15.5. The van der Waals surface area contributed by atoms with E-state index in [9.17, 15) is 10.1 Å². The number of nitro groups is 1. The standard InChI is InChI=1S/C20H25N5O2/c1-21-20(22-15-17-7-9-19(10-8-17)25(26)27)24-13-11-23(12-14-24)16-18-5-3-2-4-6-18/h2-10H,11-16H2,1H3,(H,21,22). The molecule has 27 heavy (non-hydrogen) atoms. The van der Waals surface area contributed by atoms with Gasteiger partial charge in [0, 0.05) is 58.4 Å². The smallest absolute Gasteiger partial charge is 0.269 e. The average molecular weight is 367 g/mol. The van der Waals surface area contributed by atoms with Crippen LogP contribution in [0.2, 0.25) is 0 Å². The van der Waals surface area contributed by atoms with E-state index in [2.05, 4.69) is 44.4 Å². The summed E-state index contributed by atoms with van der Waals surface area (Å²) in [4.78, 5) is 19.4. The highest BCUT2D eigenvalue weighted by molar-refractivity contribution is 5.80. The Hall–Kier alpha value is -2.93. The molecule has 1 N–H and O–H groups in total. The largest absolute Gasteiger partial charge is 0.352 e. The molecule has 2 aromatic carbocycles. The summed E-state index contributed by atoms with van der Waals surface area (Å²) in [5.74, 6) is 0.868. The fourth-order valence-corrected chi connectivity index (χ4v) is 3.21. The molecule has 0 radical (unpaired) electrons. The highest BCUT2D eigenvalue weighted by Crippen LogP contribution is 2.12. The molecule has 1 saturated heterocycles. The van der Waals surface area contributed by atoms with E-state index >= 15 is 0 Å². The van der Waals surface area contributed by atoms with Gasteiger partial charge in [-0.25, -0.2) is 0 Å². The Bertz CT molecular complexity index is 769. The van der Waals surface area contributed by atoms with E-state index in [1.807, 2.05) is 6.07 Å². The number of nitro benzene ring substituents is 1. The van der Waals surface area contributed by atoms with Gasteiger partial charge in [0.05, 0.1) is 4.92 Å². The molecule has 3 rings (SSSR count). The molecule has 0 amide bonds. The molecule has 142 valence electrons. The van der Waals surface area contributed by atoms with Gasteiger partial charge >= 0.3 is 0 Å². The molecule has 0 aromatic heterocycles. The van der Waals surface area contributed by atoms with Crippen LogP contribution in [0.25, 0.3) is 0 Å². The number of non-ortho nitro benzene ring substituents is 1. The molecular weight excluding hydrogens is 342 g/mol. The number of nitrogens with one attached hydrogen (secondary N) is 1. The quantitative estimate of drug-likeness (QED) is 0.380. The third-order valence-corrected chi connectivity index (χ3v) is 4.73. The Kier molecular flexibility index (Phi) is 6.38. The molecule has 2 aromatic rings. The van der Waals surface area contributed by atoms with Crippen molar-refractivity contribution >= 4 is 11.6 Å². The van der Waals surface area contributed by atoms with Crippen LogP contribution < -0.4 is 5.32 Å². The van der Waals surface area contributed by atoms with Crippen molar-refractivity contribution < 1.29 is 4.92 Å². The summed E-state index contributed by atoms with van der Waals surface area (Å²) in [6.45, 7) is 5.40. The van der Waals surface area contributed by atoms with Gasteiger partial charge in [-0.05, 0) is 11.1 Å². The first kappa shape index (κ1) is 18.8. The van der Waals surface area contributed by atoms with Crippen molar-refractivity contribution in [3.05, 3.63) is 75.8 Å². The Labute approximate surface area is 159 Å². The Balaban J connectivity index is 1.48. The number of nitrogens with zero attached hydrogens (tertiary/aromatic N) is 4. The minimum Gasteiger partial charge on any atom is -0.352 e. The molecule has 0 atom stereocenters. The molecule has 0 spiro atoms. The molecule has 0 aliphatic carbocycles. The minimum atomic E-state index is -0.384. The van der Waals surface area contributed by atoms with E-state index < -0.39 is 0 Å². The second-order valence-corrected chi connectivity index (χ2v) is 6.57. The fourth-order valence-electron chi connectivity index (χ4n) is 3.21. The zero-order chi connectivity index (χ0) is 19.1. The van der Waals surface area contributed by atoms with Crippen molar-refractivity contribution in [1.29, 1.82) is 0 Å². The number of rotatable bonds is 5. The van der Waals surface area contributed by atoms with E-state index in [0.717, 1.165) is 44.2 Å². The molecule has 1 fully saturated rings. The van der Waals surface area contributed by atoms with Crippen molar-refractivity contribution in [2.24, 2.45) is 4.99 Å². The monoisotopic (exact) mass is 367 g/mol. The van der Waals surface area contributed by atoms with Crippen LogP contribution in [0.1, 0.15) is 11.1 Å². The van der Waals surface area contributed by atoms with Gasteiger partial charge in [0.1, 0.15) is 0 Å². The van der Waals surface area contributed by atoms with Gasteiger partial charge in [-0.15, -0.1) is 0 Å². The first-order chi connectivity index (χ1) is 13.2. The van der Waals surface area contributed by atoms with Crippen molar-refractivity contribution in [2.75, 3.05) is 33.2 Å². The number of guanidine groups is 1. The number of hydrogen-bond donors (Lipinski definition) is 1. The lowest BCUT2D eigenvalue weighted by Crippen LogP contribution is -2.52. The van der Waals surface area contributed by atoms with Crippen molar-refractivity contribution in [3.63, 3.8) is 0 Å². The number of piperazine rings is 1. The summed E-state index contributed by atoms with van der Waals surface area (Å²) < 4.78 is 0. The Morgan fingerprint density at radius 3 is 2.30 bits per heavy atom.